The molecule has 0 saturated heterocycles. The second-order valence-electron chi connectivity index (χ2n) is 3.55. The molecule has 1 aromatic rings. The van der Waals surface area contributed by atoms with E-state index in [9.17, 15) is 14.4 Å². The molecule has 1 atom stereocenters. The molecule has 6 nitrogen and oxygen atoms in total. The van der Waals surface area contributed by atoms with Gasteiger partial charge in [0.25, 0.3) is 0 Å². The van der Waals surface area contributed by atoms with Crippen molar-refractivity contribution in [1.82, 2.24) is 0 Å². The predicted octanol–water partition coefficient (Wildman–Crippen LogP) is -1.33. The minimum atomic E-state index is -1.04. The Kier molecular flexibility index (Phi) is 2.70. The normalized spacial score (nSPS) is 18.9. The number of hydrogen-bond acceptors (Lipinski definition) is 3. The van der Waals surface area contributed by atoms with E-state index in [1.165, 1.54) is 0 Å². The van der Waals surface area contributed by atoms with Gasteiger partial charge in [0.1, 0.15) is 0 Å². The first kappa shape index (κ1) is 11.0. The van der Waals surface area contributed by atoms with Crippen molar-refractivity contribution in [2.24, 2.45) is 11.7 Å². The smallest absolute Gasteiger partial charge is 0.324 e. The number of benzene rings is 1. The molecule has 0 radical (unpaired) electrons. The van der Waals surface area contributed by atoms with Crippen molar-refractivity contribution < 1.29 is 19.4 Å². The van der Waals surface area contributed by atoms with Crippen LogP contribution in [0.2, 0.25) is 0 Å². The van der Waals surface area contributed by atoms with Gasteiger partial charge in [0.2, 0.25) is 5.91 Å². The Morgan fingerprint density at radius 3 is 2.76 bits per heavy atom. The van der Waals surface area contributed by atoms with Crippen LogP contribution in [0.25, 0.3) is 0 Å². The standard InChI is InChI=1S/C11H9N3O3/c12-11(17)13-5-7-9(15)6-3-1-2-4-8(6)14-10(7)16/h1-5,7H,(H2,12,17)(H,14,16)/p+1/b13-5+/t7-/m0/s1. The summed E-state index contributed by atoms with van der Waals surface area (Å²) in [5.41, 5.74) is 5.77. The second kappa shape index (κ2) is 4.17. The Balaban J connectivity index is 2.37. The first-order valence-electron chi connectivity index (χ1n) is 4.93. The molecule has 4 N–H and O–H groups in total. The van der Waals surface area contributed by atoms with Gasteiger partial charge in [-0.25, -0.2) is 4.99 Å². The number of amides is 3. The lowest BCUT2D eigenvalue weighted by Crippen LogP contribution is -2.78. The van der Waals surface area contributed by atoms with Crippen LogP contribution in [0.3, 0.4) is 0 Å². The summed E-state index contributed by atoms with van der Waals surface area (Å²) < 4.78 is 0. The van der Waals surface area contributed by atoms with Crippen LogP contribution in [0.1, 0.15) is 10.4 Å². The Hall–Kier alpha value is -2.50. The quantitative estimate of drug-likeness (QED) is 0.412. The van der Waals surface area contributed by atoms with Crippen molar-refractivity contribution in [2.75, 3.05) is 5.32 Å². The summed E-state index contributed by atoms with van der Waals surface area (Å²) in [6.07, 6.45) is 1.09. The van der Waals surface area contributed by atoms with Crippen LogP contribution in [-0.4, -0.2) is 23.9 Å². The summed E-state index contributed by atoms with van der Waals surface area (Å²) in [5, 5.41) is 2.58. The van der Waals surface area contributed by atoms with Crippen LogP contribution in [0.5, 0.6) is 0 Å². The van der Waals surface area contributed by atoms with Crippen molar-refractivity contribution in [1.29, 1.82) is 0 Å². The fraction of sp³-hybridized carbons (Fsp3) is 0.0909. The molecule has 0 bridgehead atoms. The molecule has 1 aliphatic heterocycles. The maximum absolute atomic E-state index is 12.0. The van der Waals surface area contributed by atoms with Gasteiger partial charge in [-0.15, -0.1) is 0 Å². The molecule has 0 spiro atoms. The number of nitrogens with two attached hydrogens (primary N) is 1. The average molecular weight is 232 g/mol. The Labute approximate surface area is 96.5 Å². The molecule has 17 heavy (non-hydrogen) atoms. The molecule has 1 heterocycles. The number of carbonyl (C=O) groups excluding carboxylic acids is 3. The number of carbonyl (C=O) groups is 3. The zero-order valence-electron chi connectivity index (χ0n) is 8.77. The fourth-order valence-corrected chi connectivity index (χ4v) is 1.62. The molecule has 3 amide bonds. The van der Waals surface area contributed by atoms with Gasteiger partial charge >= 0.3 is 6.03 Å². The van der Waals surface area contributed by atoms with Gasteiger partial charge in [-0.1, -0.05) is 12.1 Å². The van der Waals surface area contributed by atoms with Crippen molar-refractivity contribution in [3.63, 3.8) is 0 Å². The topological polar surface area (TPSA) is 103 Å². The largest absolute Gasteiger partial charge is 0.486 e. The van der Waals surface area contributed by atoms with Crippen LogP contribution in [0, 0.1) is 5.92 Å². The number of hydrogen-bond donors (Lipinski definition) is 3. The summed E-state index contributed by atoms with van der Waals surface area (Å²) in [5.74, 6) is -1.89. The molecule has 6 heteroatoms. The highest BCUT2D eigenvalue weighted by Gasteiger charge is 2.33. The SMILES string of the molecule is NC(=O)/[NH+]=C/[C@@H]1C(=O)Nc2ccccc2C1=O. The van der Waals surface area contributed by atoms with Crippen LogP contribution in [0.15, 0.2) is 24.3 Å². The van der Waals surface area contributed by atoms with Crippen LogP contribution < -0.4 is 16.0 Å². The highest BCUT2D eigenvalue weighted by molar-refractivity contribution is 6.27. The van der Waals surface area contributed by atoms with Gasteiger partial charge in [-0.3, -0.25) is 15.3 Å². The summed E-state index contributed by atoms with van der Waals surface area (Å²) in [6.45, 7) is 0. The van der Waals surface area contributed by atoms with E-state index in [1.54, 1.807) is 24.3 Å². The van der Waals surface area contributed by atoms with Gasteiger partial charge in [0.15, 0.2) is 11.7 Å². The van der Waals surface area contributed by atoms with Crippen molar-refractivity contribution in [3.8, 4) is 0 Å². The number of rotatable bonds is 1. The van der Waals surface area contributed by atoms with E-state index in [4.69, 9.17) is 5.73 Å². The lowest BCUT2D eigenvalue weighted by molar-refractivity contribution is -0.336. The average Bonchev–Trinajstić information content (AvgIpc) is 2.28. The Bertz CT molecular complexity index is 537. The summed E-state index contributed by atoms with van der Waals surface area (Å²) in [7, 11) is 0. The third kappa shape index (κ3) is 2.05. The molecular weight excluding hydrogens is 222 g/mol. The number of para-hydroxylation sites is 1. The maximum atomic E-state index is 12.0. The molecule has 1 aliphatic rings. The molecule has 0 saturated carbocycles. The highest BCUT2D eigenvalue weighted by atomic mass is 16.2. The molecule has 0 fully saturated rings. The van der Waals surface area contributed by atoms with E-state index < -0.39 is 17.9 Å². The molecular formula is C11H10N3O3+. The molecule has 86 valence electrons. The number of urea groups is 1. The number of nitrogens with one attached hydrogen (secondary N) is 2. The monoisotopic (exact) mass is 232 g/mol. The van der Waals surface area contributed by atoms with Crippen molar-refractivity contribution in [3.05, 3.63) is 29.8 Å². The van der Waals surface area contributed by atoms with E-state index in [0.29, 0.717) is 11.3 Å². The summed E-state index contributed by atoms with van der Waals surface area (Å²) in [6, 6.07) is 5.86. The second-order valence-corrected chi connectivity index (χ2v) is 3.55. The van der Waals surface area contributed by atoms with Gasteiger partial charge in [-0.2, -0.15) is 4.79 Å². The molecule has 0 aromatic heterocycles. The van der Waals surface area contributed by atoms with Crippen molar-refractivity contribution in [2.45, 2.75) is 0 Å². The van der Waals surface area contributed by atoms with E-state index in [-0.39, 0.29) is 5.78 Å². The lowest BCUT2D eigenvalue weighted by atomic mass is 9.92. The van der Waals surface area contributed by atoms with Crippen LogP contribution in [-0.2, 0) is 4.79 Å². The minimum Gasteiger partial charge on any atom is -0.324 e. The summed E-state index contributed by atoms with van der Waals surface area (Å²) in [4.78, 5) is 36.3. The number of anilines is 1. The van der Waals surface area contributed by atoms with E-state index in [1.807, 2.05) is 0 Å². The fourth-order valence-electron chi connectivity index (χ4n) is 1.62. The third-order valence-electron chi connectivity index (χ3n) is 2.41. The van der Waals surface area contributed by atoms with Crippen molar-refractivity contribution >= 4 is 29.6 Å². The van der Waals surface area contributed by atoms with E-state index >= 15 is 0 Å². The van der Waals surface area contributed by atoms with Gasteiger partial charge in [0, 0.05) is 5.56 Å². The van der Waals surface area contributed by atoms with Crippen LogP contribution >= 0.6 is 0 Å². The number of primary amides is 1. The lowest BCUT2D eigenvalue weighted by Gasteiger charge is -2.19. The predicted molar refractivity (Wildman–Crippen MR) is 59.5 cm³/mol. The molecule has 0 unspecified atom stereocenters. The molecule has 1 aromatic carbocycles. The number of Topliss-reactive ketones (excluding diaryl/α,β-unsaturated/α-hetero) is 1. The summed E-state index contributed by atoms with van der Waals surface area (Å²) >= 11 is 0. The first-order chi connectivity index (χ1) is 8.09. The minimum absolute atomic E-state index is 0.363. The maximum Gasteiger partial charge on any atom is 0.486 e. The zero-order chi connectivity index (χ0) is 12.4. The number of fused-ring (bicyclic) bond motifs is 1. The Morgan fingerprint density at radius 1 is 1.35 bits per heavy atom. The molecule has 2 rings (SSSR count). The third-order valence-corrected chi connectivity index (χ3v) is 2.41. The number of ketones is 1. The van der Waals surface area contributed by atoms with Gasteiger partial charge in [-0.05, 0) is 12.1 Å². The first-order valence-corrected chi connectivity index (χ1v) is 4.93. The van der Waals surface area contributed by atoms with Crippen LogP contribution in [0.4, 0.5) is 10.5 Å². The van der Waals surface area contributed by atoms with Gasteiger partial charge < -0.3 is 5.32 Å². The van der Waals surface area contributed by atoms with Gasteiger partial charge in [0.05, 0.1) is 11.9 Å². The van der Waals surface area contributed by atoms with E-state index in [2.05, 4.69) is 10.3 Å². The van der Waals surface area contributed by atoms with E-state index in [0.717, 1.165) is 6.21 Å². The highest BCUT2D eigenvalue weighted by Crippen LogP contribution is 2.23. The molecule has 0 aliphatic carbocycles. The Morgan fingerprint density at radius 2 is 2.06 bits per heavy atom. The zero-order valence-corrected chi connectivity index (χ0v) is 8.77.